The number of nitrogen functional groups attached to an aromatic ring is 1. The Morgan fingerprint density at radius 3 is 2.86 bits per heavy atom. The van der Waals surface area contributed by atoms with E-state index in [1.807, 2.05) is 4.90 Å². The lowest BCUT2D eigenvalue weighted by Gasteiger charge is -2.32. The van der Waals surface area contributed by atoms with E-state index in [-0.39, 0.29) is 5.91 Å². The van der Waals surface area contributed by atoms with Crippen LogP contribution in [0.1, 0.15) is 39.7 Å². The zero-order valence-electron chi connectivity index (χ0n) is 12.3. The standard InChI is InChI=1S/C15H21N3O2S/c1-17-9-2-3-11(17)13-10(8-9)12(14(16)21-13)15(19)18-4-6-20-7-5-18/h9,11H,2-8,16H2,1H3. The molecule has 1 aromatic heterocycles. The van der Waals surface area contributed by atoms with E-state index in [1.165, 1.54) is 23.3 Å². The summed E-state index contributed by atoms with van der Waals surface area (Å²) < 4.78 is 5.34. The third-order valence-corrected chi connectivity index (χ3v) is 6.32. The molecule has 2 atom stereocenters. The molecule has 0 aromatic carbocycles. The first-order chi connectivity index (χ1) is 10.2. The lowest BCUT2D eigenvalue weighted by Crippen LogP contribution is -2.41. The van der Waals surface area contributed by atoms with Gasteiger partial charge in [0, 0.05) is 30.1 Å². The van der Waals surface area contributed by atoms with Crippen LogP contribution in [0.3, 0.4) is 0 Å². The third-order valence-electron chi connectivity index (χ3n) is 5.16. The highest BCUT2D eigenvalue weighted by Crippen LogP contribution is 2.49. The normalized spacial score (nSPS) is 28.7. The molecular weight excluding hydrogens is 286 g/mol. The van der Waals surface area contributed by atoms with Crippen molar-refractivity contribution < 1.29 is 9.53 Å². The van der Waals surface area contributed by atoms with Gasteiger partial charge in [-0.1, -0.05) is 0 Å². The highest BCUT2D eigenvalue weighted by molar-refractivity contribution is 7.16. The number of hydrogen-bond acceptors (Lipinski definition) is 5. The van der Waals surface area contributed by atoms with E-state index in [1.54, 1.807) is 11.3 Å². The number of likely N-dealkylation sites (N-methyl/N-ethyl adjacent to an activating group) is 1. The van der Waals surface area contributed by atoms with Gasteiger partial charge in [0.2, 0.25) is 0 Å². The molecule has 0 saturated carbocycles. The number of fused-ring (bicyclic) bond motifs is 4. The van der Waals surface area contributed by atoms with Crippen molar-refractivity contribution in [3.05, 3.63) is 16.0 Å². The van der Waals surface area contributed by atoms with E-state index in [2.05, 4.69) is 11.9 Å². The molecule has 0 aliphatic carbocycles. The van der Waals surface area contributed by atoms with E-state index in [9.17, 15) is 4.79 Å². The summed E-state index contributed by atoms with van der Waals surface area (Å²) in [5.74, 6) is 0.109. The van der Waals surface area contributed by atoms with Gasteiger partial charge in [0.1, 0.15) is 0 Å². The van der Waals surface area contributed by atoms with Crippen LogP contribution in [-0.4, -0.2) is 55.1 Å². The Hall–Kier alpha value is -1.11. The largest absolute Gasteiger partial charge is 0.390 e. The Bertz CT molecular complexity index is 580. The van der Waals surface area contributed by atoms with E-state index in [4.69, 9.17) is 10.5 Å². The van der Waals surface area contributed by atoms with Gasteiger partial charge in [-0.15, -0.1) is 11.3 Å². The summed E-state index contributed by atoms with van der Waals surface area (Å²) in [7, 11) is 2.20. The molecule has 114 valence electrons. The number of hydrogen-bond donors (Lipinski definition) is 1. The van der Waals surface area contributed by atoms with Crippen LogP contribution in [0.5, 0.6) is 0 Å². The number of ether oxygens (including phenoxy) is 1. The molecule has 6 heteroatoms. The van der Waals surface area contributed by atoms with Gasteiger partial charge in [0.15, 0.2) is 0 Å². The molecule has 21 heavy (non-hydrogen) atoms. The van der Waals surface area contributed by atoms with Crippen molar-refractivity contribution in [2.24, 2.45) is 0 Å². The maximum atomic E-state index is 12.9. The van der Waals surface area contributed by atoms with Gasteiger partial charge in [0.05, 0.1) is 23.8 Å². The molecule has 3 aliphatic heterocycles. The molecule has 5 nitrogen and oxygen atoms in total. The average molecular weight is 307 g/mol. The summed E-state index contributed by atoms with van der Waals surface area (Å²) in [4.78, 5) is 18.5. The molecule has 1 amide bonds. The van der Waals surface area contributed by atoms with Crippen LogP contribution in [-0.2, 0) is 11.2 Å². The van der Waals surface area contributed by atoms with Crippen molar-refractivity contribution in [1.82, 2.24) is 9.80 Å². The molecule has 4 rings (SSSR count). The van der Waals surface area contributed by atoms with Crippen LogP contribution in [0.15, 0.2) is 0 Å². The van der Waals surface area contributed by atoms with Crippen LogP contribution in [0.4, 0.5) is 5.00 Å². The number of nitrogens with two attached hydrogens (primary N) is 1. The first-order valence-corrected chi connectivity index (χ1v) is 8.48. The Kier molecular flexibility index (Phi) is 3.20. The maximum absolute atomic E-state index is 12.9. The number of morpholine rings is 1. The zero-order valence-corrected chi connectivity index (χ0v) is 13.1. The van der Waals surface area contributed by atoms with Crippen molar-refractivity contribution in [2.45, 2.75) is 31.3 Å². The van der Waals surface area contributed by atoms with Crippen LogP contribution in [0.2, 0.25) is 0 Å². The lowest BCUT2D eigenvalue weighted by molar-refractivity contribution is 0.0302. The van der Waals surface area contributed by atoms with Gasteiger partial charge in [-0.25, -0.2) is 0 Å². The van der Waals surface area contributed by atoms with Gasteiger partial charge in [-0.05, 0) is 31.9 Å². The fourth-order valence-corrected chi connectivity index (χ4v) is 5.22. The van der Waals surface area contributed by atoms with E-state index < -0.39 is 0 Å². The van der Waals surface area contributed by atoms with Crippen molar-refractivity contribution in [2.75, 3.05) is 39.1 Å². The lowest BCUT2D eigenvalue weighted by atomic mass is 9.96. The molecule has 1 aromatic rings. The molecular formula is C15H21N3O2S. The minimum atomic E-state index is 0.109. The van der Waals surface area contributed by atoms with Gasteiger partial charge in [0.25, 0.3) is 5.91 Å². The summed E-state index contributed by atoms with van der Waals surface area (Å²) >= 11 is 1.63. The zero-order chi connectivity index (χ0) is 14.6. The molecule has 2 unspecified atom stereocenters. The van der Waals surface area contributed by atoms with Crippen LogP contribution in [0.25, 0.3) is 0 Å². The molecule has 2 N–H and O–H groups in total. The highest BCUT2D eigenvalue weighted by atomic mass is 32.1. The molecule has 2 saturated heterocycles. The molecule has 2 fully saturated rings. The monoisotopic (exact) mass is 307 g/mol. The number of amides is 1. The number of carbonyl (C=O) groups excluding carboxylic acids is 1. The minimum absolute atomic E-state index is 0.109. The van der Waals surface area contributed by atoms with E-state index in [0.717, 1.165) is 12.0 Å². The van der Waals surface area contributed by atoms with Gasteiger partial charge in [-0.3, -0.25) is 9.69 Å². The summed E-state index contributed by atoms with van der Waals surface area (Å²) in [5.41, 5.74) is 8.26. The van der Waals surface area contributed by atoms with Crippen LogP contribution in [0, 0.1) is 0 Å². The molecule has 4 heterocycles. The molecule has 0 spiro atoms. The highest BCUT2D eigenvalue weighted by Gasteiger charge is 2.42. The topological polar surface area (TPSA) is 58.8 Å². The number of thiophene rings is 1. The SMILES string of the molecule is CN1C2CCC1c1sc(N)c(C(=O)N3CCOCC3)c1C2. The first-order valence-electron chi connectivity index (χ1n) is 7.67. The average Bonchev–Trinajstić information content (AvgIpc) is 2.95. The predicted octanol–water partition coefficient (Wildman–Crippen LogP) is 1.49. The van der Waals surface area contributed by atoms with Crippen molar-refractivity contribution in [3.63, 3.8) is 0 Å². The van der Waals surface area contributed by atoms with Crippen LogP contribution < -0.4 is 5.73 Å². The van der Waals surface area contributed by atoms with Gasteiger partial charge >= 0.3 is 0 Å². The minimum Gasteiger partial charge on any atom is -0.390 e. The van der Waals surface area contributed by atoms with Crippen LogP contribution >= 0.6 is 11.3 Å². The van der Waals surface area contributed by atoms with Crippen molar-refractivity contribution in [3.8, 4) is 0 Å². The fraction of sp³-hybridized carbons (Fsp3) is 0.667. The Morgan fingerprint density at radius 1 is 1.33 bits per heavy atom. The maximum Gasteiger partial charge on any atom is 0.257 e. The predicted molar refractivity (Wildman–Crippen MR) is 82.7 cm³/mol. The Morgan fingerprint density at radius 2 is 2.10 bits per heavy atom. The fourth-order valence-electron chi connectivity index (χ4n) is 3.94. The smallest absolute Gasteiger partial charge is 0.257 e. The first kappa shape index (κ1) is 13.5. The van der Waals surface area contributed by atoms with E-state index in [0.29, 0.717) is 43.4 Å². The summed E-state index contributed by atoms with van der Waals surface area (Å²) in [6.45, 7) is 2.61. The quantitative estimate of drug-likeness (QED) is 0.854. The van der Waals surface area contributed by atoms with Crippen molar-refractivity contribution >= 4 is 22.2 Å². The number of rotatable bonds is 1. The number of anilines is 1. The van der Waals surface area contributed by atoms with Gasteiger partial charge < -0.3 is 15.4 Å². The van der Waals surface area contributed by atoms with Crippen molar-refractivity contribution in [1.29, 1.82) is 0 Å². The summed E-state index contributed by atoms with van der Waals surface area (Å²) in [5, 5.41) is 0.706. The Labute approximate surface area is 128 Å². The molecule has 2 bridgehead atoms. The molecule has 0 radical (unpaired) electrons. The Balaban J connectivity index is 1.71. The summed E-state index contributed by atoms with van der Waals surface area (Å²) in [6, 6.07) is 1.05. The number of nitrogens with zero attached hydrogens (tertiary/aromatic N) is 2. The third kappa shape index (κ3) is 2.00. The second kappa shape index (κ2) is 4.97. The second-order valence-corrected chi connectivity index (χ2v) is 7.29. The van der Waals surface area contributed by atoms with Gasteiger partial charge in [-0.2, -0.15) is 0 Å². The molecule has 3 aliphatic rings. The second-order valence-electron chi connectivity index (χ2n) is 6.21. The van der Waals surface area contributed by atoms with E-state index >= 15 is 0 Å². The summed E-state index contributed by atoms with van der Waals surface area (Å²) in [6.07, 6.45) is 3.40. The number of carbonyl (C=O) groups is 1.